The summed E-state index contributed by atoms with van der Waals surface area (Å²) in [5.74, 6) is -1.37. The number of carbonyl (C=O) groups excluding carboxylic acids is 1. The van der Waals surface area contributed by atoms with Gasteiger partial charge in [-0.15, -0.1) is 0 Å². The number of amides is 1. The summed E-state index contributed by atoms with van der Waals surface area (Å²) in [6.45, 7) is 3.75. The zero-order chi connectivity index (χ0) is 22.8. The van der Waals surface area contributed by atoms with Crippen LogP contribution in [-0.4, -0.2) is 10.5 Å². The molecule has 1 N–H and O–H groups in total. The second-order valence-electron chi connectivity index (χ2n) is 6.71. The molecule has 3 rings (SSSR count). The Balaban J connectivity index is 1.99. The number of hydrogen-bond donors (Lipinski definition) is 1. The summed E-state index contributed by atoms with van der Waals surface area (Å²) >= 11 is 0. The van der Waals surface area contributed by atoms with Crippen LogP contribution < -0.4 is 15.6 Å². The molecule has 0 spiro atoms. The lowest BCUT2D eigenvalue weighted by Crippen LogP contribution is -2.20. The van der Waals surface area contributed by atoms with E-state index in [-0.39, 0.29) is 22.7 Å². The van der Waals surface area contributed by atoms with Crippen LogP contribution in [0, 0.1) is 12.7 Å². The largest absolute Gasteiger partial charge is 0.456 e. The van der Waals surface area contributed by atoms with Gasteiger partial charge in [0.15, 0.2) is 0 Å². The van der Waals surface area contributed by atoms with Gasteiger partial charge in [0.05, 0.1) is 11.1 Å². The van der Waals surface area contributed by atoms with Crippen molar-refractivity contribution in [3.8, 4) is 11.5 Å². The fourth-order valence-corrected chi connectivity index (χ4v) is 2.86. The highest BCUT2D eigenvalue weighted by Crippen LogP contribution is 2.35. The lowest BCUT2D eigenvalue weighted by atomic mass is 10.1. The SMILES string of the molecule is CCn1ccc(NC(=O)c2cc(C(F)(F)F)ccc2Oc2ccc(F)cc2C)cc1=O. The van der Waals surface area contributed by atoms with E-state index in [4.69, 9.17) is 4.74 Å². The first-order chi connectivity index (χ1) is 14.6. The average molecular weight is 434 g/mol. The predicted octanol–water partition coefficient (Wildman–Crippen LogP) is 5.38. The number of aryl methyl sites for hydroxylation is 2. The lowest BCUT2D eigenvalue weighted by Gasteiger charge is -2.15. The number of benzene rings is 2. The molecule has 0 bridgehead atoms. The van der Waals surface area contributed by atoms with Gasteiger partial charge >= 0.3 is 6.18 Å². The van der Waals surface area contributed by atoms with Crippen molar-refractivity contribution in [1.82, 2.24) is 4.57 Å². The number of hydrogen-bond acceptors (Lipinski definition) is 3. The van der Waals surface area contributed by atoms with E-state index in [0.717, 1.165) is 18.2 Å². The van der Waals surface area contributed by atoms with E-state index in [1.165, 1.54) is 35.0 Å². The van der Waals surface area contributed by atoms with Gasteiger partial charge in [-0.25, -0.2) is 4.39 Å². The summed E-state index contributed by atoms with van der Waals surface area (Å²) in [7, 11) is 0. The van der Waals surface area contributed by atoms with E-state index >= 15 is 0 Å². The molecule has 1 aromatic heterocycles. The van der Waals surface area contributed by atoms with Crippen LogP contribution in [0.1, 0.15) is 28.4 Å². The van der Waals surface area contributed by atoms with E-state index in [2.05, 4.69) is 5.32 Å². The molecule has 1 amide bonds. The van der Waals surface area contributed by atoms with Crippen LogP contribution in [-0.2, 0) is 12.7 Å². The number of rotatable bonds is 5. The minimum absolute atomic E-state index is 0.126. The maximum Gasteiger partial charge on any atom is 0.416 e. The molecule has 162 valence electrons. The molecule has 0 saturated carbocycles. The summed E-state index contributed by atoms with van der Waals surface area (Å²) in [6.07, 6.45) is -3.22. The Labute approximate surface area is 174 Å². The number of anilines is 1. The maximum atomic E-state index is 13.3. The first-order valence-corrected chi connectivity index (χ1v) is 9.25. The summed E-state index contributed by atoms with van der Waals surface area (Å²) in [4.78, 5) is 24.7. The molecular weight excluding hydrogens is 416 g/mol. The van der Waals surface area contributed by atoms with Gasteiger partial charge in [-0.3, -0.25) is 9.59 Å². The third kappa shape index (κ3) is 5.11. The fourth-order valence-electron chi connectivity index (χ4n) is 2.86. The van der Waals surface area contributed by atoms with Crippen LogP contribution in [0.2, 0.25) is 0 Å². The van der Waals surface area contributed by atoms with E-state index in [1.807, 2.05) is 0 Å². The van der Waals surface area contributed by atoms with Crippen LogP contribution in [0.25, 0.3) is 0 Å². The van der Waals surface area contributed by atoms with Crippen molar-refractivity contribution in [2.75, 3.05) is 5.32 Å². The molecule has 5 nitrogen and oxygen atoms in total. The fraction of sp³-hybridized carbons (Fsp3) is 0.182. The maximum absolute atomic E-state index is 13.3. The summed E-state index contributed by atoms with van der Waals surface area (Å²) in [5.41, 5.74) is -1.28. The molecule has 3 aromatic rings. The Morgan fingerprint density at radius 3 is 2.39 bits per heavy atom. The molecule has 0 aliphatic rings. The minimum Gasteiger partial charge on any atom is -0.456 e. The van der Waals surface area contributed by atoms with Gasteiger partial charge in [0.25, 0.3) is 11.5 Å². The quantitative estimate of drug-likeness (QED) is 0.549. The van der Waals surface area contributed by atoms with E-state index in [9.17, 15) is 27.2 Å². The van der Waals surface area contributed by atoms with Crippen molar-refractivity contribution in [2.24, 2.45) is 0 Å². The van der Waals surface area contributed by atoms with Gasteiger partial charge in [-0.1, -0.05) is 0 Å². The van der Waals surface area contributed by atoms with Crippen molar-refractivity contribution in [3.63, 3.8) is 0 Å². The number of alkyl halides is 3. The Morgan fingerprint density at radius 1 is 1.06 bits per heavy atom. The second kappa shape index (κ2) is 8.63. The molecule has 0 fully saturated rings. The third-order valence-electron chi connectivity index (χ3n) is 4.50. The molecule has 1 heterocycles. The monoisotopic (exact) mass is 434 g/mol. The minimum atomic E-state index is -4.68. The van der Waals surface area contributed by atoms with Crippen molar-refractivity contribution >= 4 is 11.6 Å². The molecular formula is C22H18F4N2O3. The highest BCUT2D eigenvalue weighted by atomic mass is 19.4. The van der Waals surface area contributed by atoms with Crippen LogP contribution in [0.3, 0.4) is 0 Å². The standard InChI is InChI=1S/C22H18F4N2O3/c1-3-28-9-8-16(12-20(28)29)27-21(30)17-11-14(22(24,25)26)4-6-19(17)31-18-7-5-15(23)10-13(18)2/h4-12H,3H2,1-2H3,(H,27,30). The van der Waals surface area contributed by atoms with Crippen molar-refractivity contribution in [1.29, 1.82) is 0 Å². The molecule has 9 heteroatoms. The third-order valence-corrected chi connectivity index (χ3v) is 4.50. The first-order valence-electron chi connectivity index (χ1n) is 9.25. The van der Waals surface area contributed by atoms with Crippen molar-refractivity contribution < 1.29 is 27.1 Å². The normalized spacial score (nSPS) is 11.3. The Kier molecular flexibility index (Phi) is 6.14. The predicted molar refractivity (Wildman–Crippen MR) is 107 cm³/mol. The number of aromatic nitrogens is 1. The number of pyridine rings is 1. The summed E-state index contributed by atoms with van der Waals surface area (Å²) < 4.78 is 60.0. The topological polar surface area (TPSA) is 60.3 Å². The molecule has 0 saturated heterocycles. The Hall–Kier alpha value is -3.62. The number of ether oxygens (including phenoxy) is 1. The Bertz CT molecular complexity index is 1190. The molecule has 0 radical (unpaired) electrons. The molecule has 2 aromatic carbocycles. The smallest absolute Gasteiger partial charge is 0.416 e. The highest BCUT2D eigenvalue weighted by Gasteiger charge is 2.32. The van der Waals surface area contributed by atoms with Gasteiger partial charge < -0.3 is 14.6 Å². The Morgan fingerprint density at radius 2 is 1.77 bits per heavy atom. The van der Waals surface area contributed by atoms with E-state index < -0.39 is 29.0 Å². The summed E-state index contributed by atoms with van der Waals surface area (Å²) in [6, 6.07) is 8.74. The van der Waals surface area contributed by atoms with Gasteiger partial charge in [0.2, 0.25) is 0 Å². The zero-order valence-electron chi connectivity index (χ0n) is 16.6. The van der Waals surface area contributed by atoms with E-state index in [0.29, 0.717) is 18.2 Å². The number of nitrogens with one attached hydrogen (secondary N) is 1. The lowest BCUT2D eigenvalue weighted by molar-refractivity contribution is -0.137. The molecule has 0 aliphatic heterocycles. The number of carbonyl (C=O) groups is 1. The molecule has 0 aliphatic carbocycles. The molecule has 0 atom stereocenters. The van der Waals surface area contributed by atoms with Gasteiger partial charge in [0.1, 0.15) is 17.3 Å². The second-order valence-corrected chi connectivity index (χ2v) is 6.71. The molecule has 0 unspecified atom stereocenters. The average Bonchev–Trinajstić information content (AvgIpc) is 2.69. The summed E-state index contributed by atoms with van der Waals surface area (Å²) in [5, 5.41) is 2.42. The van der Waals surface area contributed by atoms with Crippen molar-refractivity contribution in [2.45, 2.75) is 26.6 Å². The zero-order valence-corrected chi connectivity index (χ0v) is 16.6. The number of halogens is 4. The van der Waals surface area contributed by atoms with Crippen LogP contribution >= 0.6 is 0 Å². The highest BCUT2D eigenvalue weighted by molar-refractivity contribution is 6.06. The van der Waals surface area contributed by atoms with Gasteiger partial charge in [-0.2, -0.15) is 13.2 Å². The van der Waals surface area contributed by atoms with Crippen LogP contribution in [0.5, 0.6) is 11.5 Å². The first kappa shape index (κ1) is 22.1. The van der Waals surface area contributed by atoms with Crippen molar-refractivity contribution in [3.05, 3.63) is 87.6 Å². The van der Waals surface area contributed by atoms with Crippen LogP contribution in [0.15, 0.2) is 59.5 Å². The van der Waals surface area contributed by atoms with Gasteiger partial charge in [0, 0.05) is 24.5 Å². The van der Waals surface area contributed by atoms with E-state index in [1.54, 1.807) is 13.8 Å². The molecule has 31 heavy (non-hydrogen) atoms. The van der Waals surface area contributed by atoms with Gasteiger partial charge in [-0.05, 0) is 61.9 Å². The van der Waals surface area contributed by atoms with Crippen LogP contribution in [0.4, 0.5) is 23.2 Å². The number of nitrogens with zero attached hydrogens (tertiary/aromatic N) is 1.